The highest BCUT2D eigenvalue weighted by Gasteiger charge is 2.05. The molecule has 0 saturated carbocycles. The van der Waals surface area contributed by atoms with Gasteiger partial charge in [0.25, 0.3) is 0 Å². The van der Waals surface area contributed by atoms with E-state index in [1.165, 1.54) is 13.2 Å². The van der Waals surface area contributed by atoms with Gasteiger partial charge in [0.15, 0.2) is 11.6 Å². The molecule has 1 aromatic rings. The topological polar surface area (TPSA) is 9.23 Å². The predicted octanol–water partition coefficient (Wildman–Crippen LogP) is 2.80. The van der Waals surface area contributed by atoms with E-state index in [9.17, 15) is 4.39 Å². The number of benzene rings is 1. The summed E-state index contributed by atoms with van der Waals surface area (Å²) < 4.78 is 17.9. The Morgan fingerprint density at radius 2 is 2.00 bits per heavy atom. The predicted molar refractivity (Wildman–Crippen MR) is 46.6 cm³/mol. The second kappa shape index (κ2) is 3.57. The molecule has 0 spiro atoms. The van der Waals surface area contributed by atoms with Gasteiger partial charge in [-0.2, -0.15) is 0 Å². The van der Waals surface area contributed by atoms with E-state index in [4.69, 9.17) is 4.74 Å². The highest BCUT2D eigenvalue weighted by Crippen LogP contribution is 2.21. The van der Waals surface area contributed by atoms with Gasteiger partial charge in [0.1, 0.15) is 0 Å². The molecule has 1 nitrogen and oxygen atoms in total. The van der Waals surface area contributed by atoms with Gasteiger partial charge in [-0.25, -0.2) is 4.39 Å². The van der Waals surface area contributed by atoms with E-state index in [0.717, 1.165) is 11.5 Å². The van der Waals surface area contributed by atoms with E-state index in [0.29, 0.717) is 5.75 Å². The van der Waals surface area contributed by atoms with Gasteiger partial charge in [-0.1, -0.05) is 19.9 Å². The number of ether oxygens (including phenoxy) is 1. The Hall–Kier alpha value is -1.05. The fourth-order valence-electron chi connectivity index (χ4n) is 0.977. The molecule has 1 rings (SSSR count). The largest absolute Gasteiger partial charge is 0.494 e. The van der Waals surface area contributed by atoms with Crippen LogP contribution in [0.15, 0.2) is 18.2 Å². The molecule has 0 aromatic heterocycles. The van der Waals surface area contributed by atoms with Gasteiger partial charge in [0.2, 0.25) is 0 Å². The van der Waals surface area contributed by atoms with Gasteiger partial charge in [-0.3, -0.25) is 0 Å². The maximum absolute atomic E-state index is 13.1. The standard InChI is InChI=1S/C10H12FO/c1-7(2)8-4-5-10(12-3)9(11)6-8/h4-6H,1-3H3. The lowest BCUT2D eigenvalue weighted by Crippen LogP contribution is -1.92. The van der Waals surface area contributed by atoms with Crippen LogP contribution in [0.25, 0.3) is 0 Å². The van der Waals surface area contributed by atoms with Crippen molar-refractivity contribution in [1.82, 2.24) is 0 Å². The highest BCUT2D eigenvalue weighted by molar-refractivity contribution is 5.35. The minimum atomic E-state index is -0.309. The minimum absolute atomic E-state index is 0.292. The van der Waals surface area contributed by atoms with Crippen LogP contribution < -0.4 is 4.74 Å². The second-order valence-corrected chi connectivity index (χ2v) is 2.85. The third-order valence-corrected chi connectivity index (χ3v) is 1.73. The molecule has 0 N–H and O–H groups in total. The van der Waals surface area contributed by atoms with Gasteiger partial charge < -0.3 is 4.74 Å². The zero-order valence-electron chi connectivity index (χ0n) is 7.52. The molecule has 0 aliphatic rings. The Labute approximate surface area is 72.2 Å². The molecular formula is C10H12FO. The lowest BCUT2D eigenvalue weighted by atomic mass is 10.0. The van der Waals surface area contributed by atoms with Crippen LogP contribution in [0.3, 0.4) is 0 Å². The van der Waals surface area contributed by atoms with E-state index < -0.39 is 0 Å². The Morgan fingerprint density at radius 1 is 1.33 bits per heavy atom. The summed E-state index contributed by atoms with van der Waals surface area (Å²) >= 11 is 0. The van der Waals surface area contributed by atoms with Crippen LogP contribution in [0, 0.1) is 11.7 Å². The van der Waals surface area contributed by atoms with Crippen LogP contribution in [0.2, 0.25) is 0 Å². The van der Waals surface area contributed by atoms with E-state index in [1.807, 2.05) is 19.9 Å². The van der Waals surface area contributed by atoms with Crippen molar-refractivity contribution < 1.29 is 9.13 Å². The first-order valence-corrected chi connectivity index (χ1v) is 3.79. The molecule has 0 fully saturated rings. The van der Waals surface area contributed by atoms with Crippen molar-refractivity contribution in [1.29, 1.82) is 0 Å². The molecule has 1 aromatic carbocycles. The van der Waals surface area contributed by atoms with Crippen molar-refractivity contribution >= 4 is 0 Å². The third kappa shape index (κ3) is 1.76. The summed E-state index contributed by atoms with van der Waals surface area (Å²) in [7, 11) is 1.46. The third-order valence-electron chi connectivity index (χ3n) is 1.73. The second-order valence-electron chi connectivity index (χ2n) is 2.85. The summed E-state index contributed by atoms with van der Waals surface area (Å²) in [6, 6.07) is 4.96. The molecule has 0 atom stereocenters. The number of hydrogen-bond acceptors (Lipinski definition) is 1. The number of hydrogen-bond donors (Lipinski definition) is 0. The van der Waals surface area contributed by atoms with Gasteiger partial charge in [-0.15, -0.1) is 0 Å². The van der Waals surface area contributed by atoms with Crippen molar-refractivity contribution in [3.05, 3.63) is 35.5 Å². The average Bonchev–Trinajstić information content (AvgIpc) is 2.04. The summed E-state index contributed by atoms with van der Waals surface area (Å²) in [5, 5.41) is 0. The maximum Gasteiger partial charge on any atom is 0.165 e. The van der Waals surface area contributed by atoms with Crippen LogP contribution in [0.4, 0.5) is 4.39 Å². The quantitative estimate of drug-likeness (QED) is 0.658. The Bertz CT molecular complexity index is 269. The van der Waals surface area contributed by atoms with Crippen molar-refractivity contribution in [2.75, 3.05) is 7.11 Å². The summed E-state index contributed by atoms with van der Waals surface area (Å²) in [5.41, 5.74) is 0.910. The molecule has 65 valence electrons. The fraction of sp³-hybridized carbons (Fsp3) is 0.300. The molecule has 2 heteroatoms. The summed E-state index contributed by atoms with van der Waals surface area (Å²) in [5.74, 6) is 1.08. The Balaban J connectivity index is 3.02. The van der Waals surface area contributed by atoms with Crippen LogP contribution in [-0.4, -0.2) is 7.11 Å². The molecule has 0 aliphatic heterocycles. The van der Waals surface area contributed by atoms with Gasteiger partial charge >= 0.3 is 0 Å². The molecule has 0 unspecified atom stereocenters. The molecule has 0 aliphatic carbocycles. The monoisotopic (exact) mass is 167 g/mol. The van der Waals surface area contributed by atoms with E-state index in [2.05, 4.69) is 0 Å². The Morgan fingerprint density at radius 3 is 2.42 bits per heavy atom. The van der Waals surface area contributed by atoms with E-state index >= 15 is 0 Å². The van der Waals surface area contributed by atoms with Crippen LogP contribution in [0.5, 0.6) is 5.75 Å². The van der Waals surface area contributed by atoms with Gasteiger partial charge in [-0.05, 0) is 23.6 Å². The van der Waals surface area contributed by atoms with Crippen molar-refractivity contribution in [2.45, 2.75) is 13.8 Å². The van der Waals surface area contributed by atoms with E-state index in [1.54, 1.807) is 6.07 Å². The molecule has 0 saturated heterocycles. The molecule has 0 heterocycles. The van der Waals surface area contributed by atoms with Crippen molar-refractivity contribution in [3.8, 4) is 5.75 Å². The van der Waals surface area contributed by atoms with Gasteiger partial charge in [0.05, 0.1) is 7.11 Å². The normalized spacial score (nSPS) is 10.4. The molecule has 0 bridgehead atoms. The van der Waals surface area contributed by atoms with Crippen molar-refractivity contribution in [2.24, 2.45) is 0 Å². The minimum Gasteiger partial charge on any atom is -0.494 e. The zero-order valence-corrected chi connectivity index (χ0v) is 7.52. The summed E-state index contributed by atoms with van der Waals surface area (Å²) in [4.78, 5) is 0. The zero-order chi connectivity index (χ0) is 9.14. The summed E-state index contributed by atoms with van der Waals surface area (Å²) in [6.45, 7) is 3.89. The first-order chi connectivity index (χ1) is 5.65. The Kier molecular flexibility index (Phi) is 2.69. The number of methoxy groups -OCH3 is 1. The van der Waals surface area contributed by atoms with Crippen molar-refractivity contribution in [3.63, 3.8) is 0 Å². The lowest BCUT2D eigenvalue weighted by molar-refractivity contribution is 0.386. The van der Waals surface area contributed by atoms with E-state index in [-0.39, 0.29) is 5.82 Å². The number of rotatable bonds is 2. The fourth-order valence-corrected chi connectivity index (χ4v) is 0.977. The molecule has 12 heavy (non-hydrogen) atoms. The maximum atomic E-state index is 13.1. The van der Waals surface area contributed by atoms with Crippen LogP contribution >= 0.6 is 0 Å². The van der Waals surface area contributed by atoms with Gasteiger partial charge in [0, 0.05) is 0 Å². The van der Waals surface area contributed by atoms with Crippen LogP contribution in [-0.2, 0) is 0 Å². The molecular weight excluding hydrogens is 155 g/mol. The number of halogens is 1. The summed E-state index contributed by atoms with van der Waals surface area (Å²) in [6.07, 6.45) is 0. The van der Waals surface area contributed by atoms with Crippen LogP contribution in [0.1, 0.15) is 19.4 Å². The lowest BCUT2D eigenvalue weighted by Gasteiger charge is -2.06. The SMILES string of the molecule is COc1ccc([C](C)C)cc1F. The molecule has 1 radical (unpaired) electrons. The first kappa shape index (κ1) is 9.04. The first-order valence-electron chi connectivity index (χ1n) is 3.79. The molecule has 0 amide bonds. The average molecular weight is 167 g/mol. The smallest absolute Gasteiger partial charge is 0.165 e. The highest BCUT2D eigenvalue weighted by atomic mass is 19.1.